The van der Waals surface area contributed by atoms with Crippen LogP contribution in [0.2, 0.25) is 0 Å². The van der Waals surface area contributed by atoms with Crippen molar-refractivity contribution in [3.63, 3.8) is 0 Å². The average Bonchev–Trinajstić information content (AvgIpc) is 2.91. The van der Waals surface area contributed by atoms with Crippen LogP contribution in [0.5, 0.6) is 0 Å². The second-order valence-corrected chi connectivity index (χ2v) is 9.18. The van der Waals surface area contributed by atoms with Crippen LogP contribution in [0.4, 0.5) is 0 Å². The number of benzene rings is 1. The number of nitrogens with zero attached hydrogens (tertiary/aromatic N) is 2. The van der Waals surface area contributed by atoms with E-state index >= 15 is 0 Å². The first-order chi connectivity index (χ1) is 13.2. The zero-order chi connectivity index (χ0) is 20.5. The van der Waals surface area contributed by atoms with Gasteiger partial charge in [-0.05, 0) is 43.7 Å². The predicted molar refractivity (Wildman–Crippen MR) is 110 cm³/mol. The molecule has 2 heterocycles. The normalized spacial score (nSPS) is 19.9. The van der Waals surface area contributed by atoms with Gasteiger partial charge in [0, 0.05) is 18.7 Å². The number of carbonyl (C=O) groups is 1. The predicted octanol–water partition coefficient (Wildman–Crippen LogP) is 3.56. The number of amidine groups is 1. The molecule has 152 valence electrons. The van der Waals surface area contributed by atoms with E-state index in [4.69, 9.17) is 4.74 Å². The van der Waals surface area contributed by atoms with E-state index in [2.05, 4.69) is 18.2 Å². The van der Waals surface area contributed by atoms with Gasteiger partial charge in [-0.15, -0.1) is 4.40 Å². The summed E-state index contributed by atoms with van der Waals surface area (Å²) in [7, 11) is -3.73. The summed E-state index contributed by atoms with van der Waals surface area (Å²) < 4.78 is 34.7. The molecule has 1 saturated heterocycles. The van der Waals surface area contributed by atoms with Crippen LogP contribution >= 0.6 is 0 Å². The molecule has 28 heavy (non-hydrogen) atoms. The Bertz CT molecular complexity index is 906. The van der Waals surface area contributed by atoms with Gasteiger partial charge in [0.1, 0.15) is 10.7 Å². The van der Waals surface area contributed by atoms with E-state index in [1.54, 1.807) is 6.92 Å². The van der Waals surface area contributed by atoms with Crippen LogP contribution in [-0.2, 0) is 19.6 Å². The van der Waals surface area contributed by atoms with E-state index in [9.17, 15) is 13.2 Å². The fraction of sp³-hybridized carbons (Fsp3) is 0.524. The lowest BCUT2D eigenvalue weighted by atomic mass is 9.96. The van der Waals surface area contributed by atoms with Gasteiger partial charge < -0.3 is 9.64 Å². The summed E-state index contributed by atoms with van der Waals surface area (Å²) in [5, 5.41) is 0. The van der Waals surface area contributed by atoms with Gasteiger partial charge in [0.05, 0.1) is 12.5 Å². The highest BCUT2D eigenvalue weighted by Gasteiger charge is 2.36. The molecule has 0 N–H and O–H groups in total. The molecule has 0 radical (unpaired) electrons. The molecule has 2 aliphatic rings. The molecule has 0 atom stereocenters. The molecule has 6 nitrogen and oxygen atoms in total. The second-order valence-electron chi connectivity index (χ2n) is 7.63. The third-order valence-corrected chi connectivity index (χ3v) is 6.87. The summed E-state index contributed by atoms with van der Waals surface area (Å²) in [5.41, 5.74) is 2.51. The molecule has 1 fully saturated rings. The second kappa shape index (κ2) is 8.07. The molecule has 3 rings (SSSR count). The SMILES string of the molecule is CCOC(=O)C1CCN(C2=NS(=O)(=O)C(c3ccc(C(C)C)cc3)=C2C)CC1. The Labute approximate surface area is 167 Å². The quantitative estimate of drug-likeness (QED) is 0.717. The Balaban J connectivity index is 1.81. The number of esters is 1. The summed E-state index contributed by atoms with van der Waals surface area (Å²) in [4.78, 5) is 14.2. The minimum absolute atomic E-state index is 0.123. The van der Waals surface area contributed by atoms with E-state index in [1.807, 2.05) is 36.1 Å². The minimum Gasteiger partial charge on any atom is -0.466 e. The van der Waals surface area contributed by atoms with Crippen LogP contribution in [0.15, 0.2) is 34.2 Å². The molecule has 0 unspecified atom stereocenters. The van der Waals surface area contributed by atoms with Crippen LogP contribution in [0, 0.1) is 5.92 Å². The highest BCUT2D eigenvalue weighted by atomic mass is 32.2. The number of hydrogen-bond donors (Lipinski definition) is 0. The monoisotopic (exact) mass is 404 g/mol. The Morgan fingerprint density at radius 1 is 1.21 bits per heavy atom. The number of sulfonamides is 1. The van der Waals surface area contributed by atoms with Gasteiger partial charge in [-0.25, -0.2) is 0 Å². The molecule has 1 aromatic rings. The smallest absolute Gasteiger partial charge is 0.309 e. The van der Waals surface area contributed by atoms with E-state index in [0.717, 1.165) is 0 Å². The third kappa shape index (κ3) is 3.99. The maximum atomic E-state index is 12.8. The number of piperidine rings is 1. The Kier molecular flexibility index (Phi) is 5.93. The van der Waals surface area contributed by atoms with Gasteiger partial charge in [-0.2, -0.15) is 8.42 Å². The van der Waals surface area contributed by atoms with Gasteiger partial charge in [-0.3, -0.25) is 4.79 Å². The first-order valence-corrected chi connectivity index (χ1v) is 11.3. The number of hydrogen-bond acceptors (Lipinski definition) is 5. The maximum Gasteiger partial charge on any atom is 0.309 e. The Morgan fingerprint density at radius 3 is 2.36 bits per heavy atom. The molecule has 7 heteroatoms. The van der Waals surface area contributed by atoms with Crippen molar-refractivity contribution in [3.05, 3.63) is 41.0 Å². The molecule has 0 amide bonds. The van der Waals surface area contributed by atoms with Crippen LogP contribution in [0.1, 0.15) is 57.6 Å². The number of likely N-dealkylation sites (tertiary alicyclic amines) is 1. The minimum atomic E-state index is -3.73. The zero-order valence-electron chi connectivity index (χ0n) is 16.9. The van der Waals surface area contributed by atoms with Crippen molar-refractivity contribution in [1.29, 1.82) is 0 Å². The lowest BCUT2D eigenvalue weighted by Crippen LogP contribution is -2.40. The van der Waals surface area contributed by atoms with Gasteiger partial charge >= 0.3 is 5.97 Å². The standard InChI is InChI=1S/C21H28N2O4S/c1-5-27-21(24)18-10-12-23(13-11-18)20-15(4)19(28(25,26)22-20)17-8-6-16(7-9-17)14(2)3/h6-9,14,18H,5,10-13H2,1-4H3. The molecular formula is C21H28N2O4S. The topological polar surface area (TPSA) is 76.0 Å². The van der Waals surface area contributed by atoms with Crippen LogP contribution in [0.3, 0.4) is 0 Å². The summed E-state index contributed by atoms with van der Waals surface area (Å²) in [6, 6.07) is 7.66. The van der Waals surface area contributed by atoms with Crippen molar-refractivity contribution in [3.8, 4) is 0 Å². The maximum absolute atomic E-state index is 12.8. The molecular weight excluding hydrogens is 376 g/mol. The molecule has 0 bridgehead atoms. The Hall–Kier alpha value is -2.15. The first kappa shape index (κ1) is 20.6. The third-order valence-electron chi connectivity index (χ3n) is 5.39. The zero-order valence-corrected chi connectivity index (χ0v) is 17.8. The van der Waals surface area contributed by atoms with Crippen molar-refractivity contribution in [2.45, 2.75) is 46.5 Å². The van der Waals surface area contributed by atoms with Crippen molar-refractivity contribution in [2.24, 2.45) is 10.3 Å². The van der Waals surface area contributed by atoms with Crippen molar-refractivity contribution in [1.82, 2.24) is 4.90 Å². The number of carbonyl (C=O) groups excluding carboxylic acids is 1. The summed E-state index contributed by atoms with van der Waals surface area (Å²) in [5.74, 6) is 0.602. The largest absolute Gasteiger partial charge is 0.466 e. The van der Waals surface area contributed by atoms with E-state index in [0.29, 0.717) is 55.4 Å². The lowest BCUT2D eigenvalue weighted by molar-refractivity contribution is -0.149. The van der Waals surface area contributed by atoms with Crippen molar-refractivity contribution < 1.29 is 17.9 Å². The summed E-state index contributed by atoms with van der Waals surface area (Å²) in [6.45, 7) is 9.38. The molecule has 0 saturated carbocycles. The molecule has 0 aromatic heterocycles. The van der Waals surface area contributed by atoms with Crippen LogP contribution in [-0.4, -0.2) is 44.8 Å². The van der Waals surface area contributed by atoms with Gasteiger partial charge in [0.25, 0.3) is 10.0 Å². The Morgan fingerprint density at radius 2 is 1.82 bits per heavy atom. The van der Waals surface area contributed by atoms with Gasteiger partial charge in [-0.1, -0.05) is 38.1 Å². The van der Waals surface area contributed by atoms with Crippen molar-refractivity contribution >= 4 is 26.7 Å². The highest BCUT2D eigenvalue weighted by molar-refractivity contribution is 8.00. The van der Waals surface area contributed by atoms with Gasteiger partial charge in [0.2, 0.25) is 0 Å². The summed E-state index contributed by atoms with van der Waals surface area (Å²) >= 11 is 0. The molecule has 0 aliphatic carbocycles. The highest BCUT2D eigenvalue weighted by Crippen LogP contribution is 2.35. The molecule has 0 spiro atoms. The lowest BCUT2D eigenvalue weighted by Gasteiger charge is -2.32. The average molecular weight is 405 g/mol. The number of ether oxygens (including phenoxy) is 1. The van der Waals surface area contributed by atoms with Gasteiger partial charge in [0.15, 0.2) is 0 Å². The summed E-state index contributed by atoms with van der Waals surface area (Å²) in [6.07, 6.45) is 1.28. The fourth-order valence-electron chi connectivity index (χ4n) is 3.79. The first-order valence-electron chi connectivity index (χ1n) is 9.82. The van der Waals surface area contributed by atoms with E-state index < -0.39 is 10.0 Å². The van der Waals surface area contributed by atoms with Crippen LogP contribution in [0.25, 0.3) is 4.91 Å². The van der Waals surface area contributed by atoms with Crippen LogP contribution < -0.4 is 0 Å². The van der Waals surface area contributed by atoms with E-state index in [-0.39, 0.29) is 16.8 Å². The molecule has 1 aromatic carbocycles. The fourth-order valence-corrected chi connectivity index (χ4v) is 5.27. The molecule has 2 aliphatic heterocycles. The van der Waals surface area contributed by atoms with Crippen molar-refractivity contribution in [2.75, 3.05) is 19.7 Å². The van der Waals surface area contributed by atoms with E-state index in [1.165, 1.54) is 5.56 Å². The number of rotatable bonds is 4.